The van der Waals surface area contributed by atoms with Gasteiger partial charge in [-0.05, 0) is 26.2 Å². The van der Waals surface area contributed by atoms with Gasteiger partial charge in [-0.25, -0.2) is 0 Å². The highest BCUT2D eigenvalue weighted by molar-refractivity contribution is 5.96. The van der Waals surface area contributed by atoms with Gasteiger partial charge in [0, 0.05) is 12.0 Å². The SMILES string of the molecule is CCOC(=O)C1(CCC(=O)c2ccccc2)CC1. The molecule has 1 aliphatic carbocycles. The molecule has 0 bridgehead atoms. The number of esters is 1. The molecule has 0 heterocycles. The summed E-state index contributed by atoms with van der Waals surface area (Å²) in [7, 11) is 0. The Morgan fingerprint density at radius 3 is 2.44 bits per heavy atom. The average molecular weight is 246 g/mol. The molecule has 0 aromatic heterocycles. The molecule has 1 saturated carbocycles. The molecular weight excluding hydrogens is 228 g/mol. The minimum absolute atomic E-state index is 0.103. The van der Waals surface area contributed by atoms with Gasteiger partial charge in [-0.2, -0.15) is 0 Å². The maximum absolute atomic E-state index is 11.9. The molecule has 0 spiro atoms. The molecule has 3 nitrogen and oxygen atoms in total. The number of ketones is 1. The van der Waals surface area contributed by atoms with Crippen LogP contribution in [0.3, 0.4) is 0 Å². The molecule has 1 fully saturated rings. The Morgan fingerprint density at radius 1 is 1.22 bits per heavy atom. The molecule has 2 rings (SSSR count). The summed E-state index contributed by atoms with van der Waals surface area (Å²) in [6, 6.07) is 9.22. The van der Waals surface area contributed by atoms with Crippen molar-refractivity contribution < 1.29 is 14.3 Å². The highest BCUT2D eigenvalue weighted by Crippen LogP contribution is 2.50. The van der Waals surface area contributed by atoms with E-state index < -0.39 is 0 Å². The van der Waals surface area contributed by atoms with Crippen LogP contribution in [0.5, 0.6) is 0 Å². The molecule has 0 atom stereocenters. The highest BCUT2D eigenvalue weighted by atomic mass is 16.5. The molecule has 0 N–H and O–H groups in total. The summed E-state index contributed by atoms with van der Waals surface area (Å²) in [6.07, 6.45) is 2.74. The molecule has 0 amide bonds. The second kappa shape index (κ2) is 5.34. The second-order valence-corrected chi connectivity index (χ2v) is 4.79. The fraction of sp³-hybridized carbons (Fsp3) is 0.467. The minimum atomic E-state index is -0.361. The zero-order chi connectivity index (χ0) is 13.0. The van der Waals surface area contributed by atoms with Gasteiger partial charge in [0.05, 0.1) is 12.0 Å². The van der Waals surface area contributed by atoms with Crippen LogP contribution in [0, 0.1) is 5.41 Å². The summed E-state index contributed by atoms with van der Waals surface area (Å²) in [4.78, 5) is 23.7. The van der Waals surface area contributed by atoms with Crippen molar-refractivity contribution in [3.05, 3.63) is 35.9 Å². The Balaban J connectivity index is 1.89. The molecule has 1 aromatic rings. The zero-order valence-electron chi connectivity index (χ0n) is 10.6. The Labute approximate surface area is 107 Å². The minimum Gasteiger partial charge on any atom is -0.466 e. The van der Waals surface area contributed by atoms with Gasteiger partial charge in [-0.3, -0.25) is 9.59 Å². The molecule has 0 unspecified atom stereocenters. The first kappa shape index (κ1) is 12.8. The van der Waals surface area contributed by atoms with Crippen molar-refractivity contribution in [2.45, 2.75) is 32.6 Å². The number of hydrogen-bond acceptors (Lipinski definition) is 3. The van der Waals surface area contributed by atoms with E-state index in [1.807, 2.05) is 37.3 Å². The lowest BCUT2D eigenvalue weighted by atomic mass is 9.96. The van der Waals surface area contributed by atoms with Gasteiger partial charge < -0.3 is 4.74 Å². The quantitative estimate of drug-likeness (QED) is 0.572. The van der Waals surface area contributed by atoms with Gasteiger partial charge in [0.2, 0.25) is 0 Å². The van der Waals surface area contributed by atoms with E-state index in [2.05, 4.69) is 0 Å². The standard InChI is InChI=1S/C15H18O3/c1-2-18-14(17)15(10-11-15)9-8-13(16)12-6-4-3-5-7-12/h3-7H,2,8-11H2,1H3. The summed E-state index contributed by atoms with van der Waals surface area (Å²) in [5, 5.41) is 0. The molecular formula is C15H18O3. The third-order valence-electron chi connectivity index (χ3n) is 3.49. The Morgan fingerprint density at radius 2 is 1.89 bits per heavy atom. The van der Waals surface area contributed by atoms with E-state index >= 15 is 0 Å². The Bertz CT molecular complexity index is 432. The van der Waals surface area contributed by atoms with Crippen molar-refractivity contribution >= 4 is 11.8 Å². The molecule has 0 saturated heterocycles. The van der Waals surface area contributed by atoms with Crippen LogP contribution in [0.15, 0.2) is 30.3 Å². The largest absolute Gasteiger partial charge is 0.466 e. The number of benzene rings is 1. The van der Waals surface area contributed by atoms with Gasteiger partial charge in [0.25, 0.3) is 0 Å². The van der Waals surface area contributed by atoms with Crippen molar-refractivity contribution in [2.24, 2.45) is 5.41 Å². The third-order valence-corrected chi connectivity index (χ3v) is 3.49. The lowest BCUT2D eigenvalue weighted by molar-refractivity contribution is -0.149. The summed E-state index contributed by atoms with van der Waals surface area (Å²) >= 11 is 0. The summed E-state index contributed by atoms with van der Waals surface area (Å²) < 4.78 is 5.06. The first-order chi connectivity index (χ1) is 8.68. The van der Waals surface area contributed by atoms with Crippen LogP contribution in [-0.4, -0.2) is 18.4 Å². The smallest absolute Gasteiger partial charge is 0.312 e. The predicted octanol–water partition coefficient (Wildman–Crippen LogP) is 2.99. The van der Waals surface area contributed by atoms with Crippen LogP contribution in [0.4, 0.5) is 0 Å². The average Bonchev–Trinajstić information content (AvgIpc) is 3.18. The normalized spacial score (nSPS) is 16.1. The molecule has 18 heavy (non-hydrogen) atoms. The van der Waals surface area contributed by atoms with E-state index in [0.29, 0.717) is 19.4 Å². The molecule has 0 aliphatic heterocycles. The van der Waals surface area contributed by atoms with E-state index in [1.54, 1.807) is 0 Å². The molecule has 1 aliphatic rings. The van der Waals surface area contributed by atoms with Crippen LogP contribution in [0.2, 0.25) is 0 Å². The molecule has 1 aromatic carbocycles. The number of Topliss-reactive ketones (excluding diaryl/α,β-unsaturated/α-hetero) is 1. The summed E-state index contributed by atoms with van der Waals surface area (Å²) in [5.74, 6) is -0.0305. The number of ether oxygens (including phenoxy) is 1. The van der Waals surface area contributed by atoms with E-state index in [9.17, 15) is 9.59 Å². The second-order valence-electron chi connectivity index (χ2n) is 4.79. The van der Waals surface area contributed by atoms with E-state index in [1.165, 1.54) is 0 Å². The van der Waals surface area contributed by atoms with Crippen LogP contribution in [-0.2, 0) is 9.53 Å². The van der Waals surface area contributed by atoms with Crippen molar-refractivity contribution in [1.29, 1.82) is 0 Å². The van der Waals surface area contributed by atoms with Gasteiger partial charge >= 0.3 is 5.97 Å². The van der Waals surface area contributed by atoms with Gasteiger partial charge in [0.1, 0.15) is 0 Å². The van der Waals surface area contributed by atoms with Crippen LogP contribution in [0.25, 0.3) is 0 Å². The molecule has 96 valence electrons. The highest BCUT2D eigenvalue weighted by Gasteiger charge is 2.50. The van der Waals surface area contributed by atoms with Gasteiger partial charge in [-0.1, -0.05) is 30.3 Å². The van der Waals surface area contributed by atoms with Gasteiger partial charge in [0.15, 0.2) is 5.78 Å². The van der Waals surface area contributed by atoms with E-state index in [4.69, 9.17) is 4.74 Å². The third kappa shape index (κ3) is 2.78. The first-order valence-electron chi connectivity index (χ1n) is 6.43. The Hall–Kier alpha value is -1.64. The van der Waals surface area contributed by atoms with Crippen molar-refractivity contribution in [3.8, 4) is 0 Å². The Kier molecular flexibility index (Phi) is 3.80. The molecule has 0 radical (unpaired) electrons. The number of rotatable bonds is 6. The lowest BCUT2D eigenvalue weighted by Crippen LogP contribution is -2.20. The van der Waals surface area contributed by atoms with Crippen molar-refractivity contribution in [1.82, 2.24) is 0 Å². The van der Waals surface area contributed by atoms with E-state index in [-0.39, 0.29) is 17.2 Å². The van der Waals surface area contributed by atoms with Crippen LogP contribution in [0.1, 0.15) is 43.0 Å². The maximum Gasteiger partial charge on any atom is 0.312 e. The predicted molar refractivity (Wildman–Crippen MR) is 68.3 cm³/mol. The summed E-state index contributed by atoms with van der Waals surface area (Å²) in [5.41, 5.74) is 0.359. The number of carbonyl (C=O) groups is 2. The lowest BCUT2D eigenvalue weighted by Gasteiger charge is -2.12. The van der Waals surface area contributed by atoms with Gasteiger partial charge in [-0.15, -0.1) is 0 Å². The van der Waals surface area contributed by atoms with Crippen LogP contribution >= 0.6 is 0 Å². The maximum atomic E-state index is 11.9. The molecule has 3 heteroatoms. The van der Waals surface area contributed by atoms with Crippen molar-refractivity contribution in [2.75, 3.05) is 6.61 Å². The first-order valence-corrected chi connectivity index (χ1v) is 6.43. The monoisotopic (exact) mass is 246 g/mol. The summed E-state index contributed by atoms with van der Waals surface area (Å²) in [6.45, 7) is 2.22. The number of carbonyl (C=O) groups excluding carboxylic acids is 2. The number of hydrogen-bond donors (Lipinski definition) is 0. The zero-order valence-corrected chi connectivity index (χ0v) is 10.6. The van der Waals surface area contributed by atoms with Crippen molar-refractivity contribution in [3.63, 3.8) is 0 Å². The van der Waals surface area contributed by atoms with E-state index in [0.717, 1.165) is 18.4 Å². The fourth-order valence-corrected chi connectivity index (χ4v) is 2.11. The van der Waals surface area contributed by atoms with Crippen LogP contribution < -0.4 is 0 Å². The fourth-order valence-electron chi connectivity index (χ4n) is 2.11. The topological polar surface area (TPSA) is 43.4 Å².